The molecule has 0 bridgehead atoms. The first-order valence-corrected chi connectivity index (χ1v) is 7.57. The van der Waals surface area contributed by atoms with Crippen molar-refractivity contribution in [2.75, 3.05) is 0 Å². The Balaban J connectivity index is 1.67. The molecule has 0 radical (unpaired) electrons. The van der Waals surface area contributed by atoms with Gasteiger partial charge in [0, 0.05) is 18.0 Å². The molecule has 3 nitrogen and oxygen atoms in total. The molecule has 1 heterocycles. The minimum Gasteiger partial charge on any atom is -0.310 e. The Morgan fingerprint density at radius 1 is 1.19 bits per heavy atom. The number of nitrogens with one attached hydrogen (secondary N) is 1. The van der Waals surface area contributed by atoms with Crippen LogP contribution in [0, 0.1) is 6.92 Å². The molecule has 106 valence electrons. The van der Waals surface area contributed by atoms with E-state index in [0.717, 1.165) is 23.8 Å². The third-order valence-electron chi connectivity index (χ3n) is 4.21. The van der Waals surface area contributed by atoms with Crippen LogP contribution in [0.2, 0.25) is 0 Å². The lowest BCUT2D eigenvalue weighted by molar-refractivity contribution is 0.685. The van der Waals surface area contributed by atoms with Gasteiger partial charge in [0.15, 0.2) is 0 Å². The van der Waals surface area contributed by atoms with E-state index in [9.17, 15) is 0 Å². The van der Waals surface area contributed by atoms with Crippen LogP contribution >= 0.6 is 0 Å². The first-order chi connectivity index (χ1) is 10.3. The Hall–Kier alpha value is -2.13. The fourth-order valence-corrected chi connectivity index (χ4v) is 2.73. The van der Waals surface area contributed by atoms with Crippen LogP contribution < -0.4 is 5.32 Å². The molecule has 2 aromatic carbocycles. The number of nitrogens with zero attached hydrogens (tertiary/aromatic N) is 2. The van der Waals surface area contributed by atoms with Crippen molar-refractivity contribution in [2.45, 2.75) is 32.4 Å². The highest BCUT2D eigenvalue weighted by atomic mass is 15.3. The van der Waals surface area contributed by atoms with Crippen LogP contribution in [0.5, 0.6) is 0 Å². The maximum atomic E-state index is 4.52. The van der Waals surface area contributed by atoms with E-state index >= 15 is 0 Å². The van der Waals surface area contributed by atoms with Gasteiger partial charge in [0.2, 0.25) is 0 Å². The maximum Gasteiger partial charge on any atom is 0.0741 e. The van der Waals surface area contributed by atoms with Gasteiger partial charge in [-0.3, -0.25) is 0 Å². The predicted octanol–water partition coefficient (Wildman–Crippen LogP) is 3.59. The van der Waals surface area contributed by atoms with Crippen LogP contribution in [-0.4, -0.2) is 15.8 Å². The van der Waals surface area contributed by atoms with Gasteiger partial charge in [0.1, 0.15) is 0 Å². The molecule has 1 aliphatic rings. The van der Waals surface area contributed by atoms with Crippen LogP contribution in [0.1, 0.15) is 24.0 Å². The lowest BCUT2D eigenvalue weighted by Gasteiger charge is -2.10. The minimum absolute atomic E-state index is 0.749. The minimum atomic E-state index is 0.749. The molecule has 3 heteroatoms. The van der Waals surface area contributed by atoms with Crippen molar-refractivity contribution in [3.8, 4) is 5.69 Å². The second kappa shape index (κ2) is 5.01. The standard InChI is InChI=1S/C18H19N3/c1-13-10-17(9-6-14(13)11-19-16-7-8-16)21-18-5-3-2-4-15(18)12-20-21/h2-6,9-10,12,16,19H,7-8,11H2,1H3. The molecule has 0 aliphatic heterocycles. The molecule has 1 fully saturated rings. The molecule has 0 atom stereocenters. The van der Waals surface area contributed by atoms with Gasteiger partial charge < -0.3 is 5.32 Å². The summed E-state index contributed by atoms with van der Waals surface area (Å²) in [7, 11) is 0. The normalized spacial score (nSPS) is 14.7. The average Bonchev–Trinajstić information content (AvgIpc) is 3.23. The van der Waals surface area contributed by atoms with E-state index in [4.69, 9.17) is 0 Å². The summed E-state index contributed by atoms with van der Waals surface area (Å²) in [6.07, 6.45) is 4.58. The second-order valence-electron chi connectivity index (χ2n) is 5.88. The highest BCUT2D eigenvalue weighted by Crippen LogP contribution is 2.22. The Labute approximate surface area is 124 Å². The Morgan fingerprint density at radius 2 is 2.05 bits per heavy atom. The number of rotatable bonds is 4. The van der Waals surface area contributed by atoms with Crippen LogP contribution in [0.15, 0.2) is 48.7 Å². The zero-order valence-electron chi connectivity index (χ0n) is 12.2. The topological polar surface area (TPSA) is 29.9 Å². The van der Waals surface area contributed by atoms with Crippen LogP contribution in [-0.2, 0) is 6.54 Å². The van der Waals surface area contributed by atoms with Crippen LogP contribution in [0.4, 0.5) is 0 Å². The number of hydrogen-bond donors (Lipinski definition) is 1. The number of aromatic nitrogens is 2. The maximum absolute atomic E-state index is 4.52. The average molecular weight is 277 g/mol. The molecule has 1 aliphatic carbocycles. The van der Waals surface area contributed by atoms with Crippen molar-refractivity contribution >= 4 is 10.9 Å². The summed E-state index contributed by atoms with van der Waals surface area (Å²) in [6, 6.07) is 15.7. The molecule has 1 aromatic heterocycles. The quantitative estimate of drug-likeness (QED) is 0.790. The van der Waals surface area contributed by atoms with Gasteiger partial charge in [-0.15, -0.1) is 0 Å². The van der Waals surface area contributed by atoms with Gasteiger partial charge >= 0.3 is 0 Å². The van der Waals surface area contributed by atoms with Gasteiger partial charge in [-0.25, -0.2) is 4.68 Å². The van der Waals surface area contributed by atoms with E-state index in [1.54, 1.807) is 0 Å². The largest absolute Gasteiger partial charge is 0.310 e. The number of para-hydroxylation sites is 1. The highest BCUT2D eigenvalue weighted by Gasteiger charge is 2.20. The zero-order chi connectivity index (χ0) is 14.2. The molecule has 0 saturated heterocycles. The Bertz CT molecular complexity index is 784. The van der Waals surface area contributed by atoms with Crippen molar-refractivity contribution in [3.05, 3.63) is 59.8 Å². The van der Waals surface area contributed by atoms with Gasteiger partial charge in [-0.1, -0.05) is 24.3 Å². The van der Waals surface area contributed by atoms with Crippen LogP contribution in [0.25, 0.3) is 16.6 Å². The Morgan fingerprint density at radius 3 is 2.86 bits per heavy atom. The summed E-state index contributed by atoms with van der Waals surface area (Å²) >= 11 is 0. The Kier molecular flexibility index (Phi) is 3.00. The predicted molar refractivity (Wildman–Crippen MR) is 85.7 cm³/mol. The summed E-state index contributed by atoms with van der Waals surface area (Å²) in [5, 5.41) is 9.27. The van der Waals surface area contributed by atoms with Gasteiger partial charge in [0.05, 0.1) is 17.4 Å². The SMILES string of the molecule is Cc1cc(-n2ncc3ccccc32)ccc1CNC1CC1. The van der Waals surface area contributed by atoms with E-state index < -0.39 is 0 Å². The summed E-state index contributed by atoms with van der Waals surface area (Å²) in [4.78, 5) is 0. The molecule has 1 saturated carbocycles. The molecule has 0 amide bonds. The monoisotopic (exact) mass is 277 g/mol. The van der Waals surface area contributed by atoms with E-state index in [-0.39, 0.29) is 0 Å². The fourth-order valence-electron chi connectivity index (χ4n) is 2.73. The lowest BCUT2D eigenvalue weighted by atomic mass is 10.1. The molecule has 21 heavy (non-hydrogen) atoms. The first kappa shape index (κ1) is 12.6. The summed E-state index contributed by atoms with van der Waals surface area (Å²) in [5.41, 5.74) is 4.98. The molecule has 0 spiro atoms. The van der Waals surface area contributed by atoms with E-state index in [0.29, 0.717) is 0 Å². The van der Waals surface area contributed by atoms with Crippen molar-refractivity contribution in [1.82, 2.24) is 15.1 Å². The third kappa shape index (κ3) is 2.45. The smallest absolute Gasteiger partial charge is 0.0741 e. The number of fused-ring (bicyclic) bond motifs is 1. The lowest BCUT2D eigenvalue weighted by Crippen LogP contribution is -2.16. The van der Waals surface area contributed by atoms with Crippen molar-refractivity contribution < 1.29 is 0 Å². The van der Waals surface area contributed by atoms with Crippen LogP contribution in [0.3, 0.4) is 0 Å². The first-order valence-electron chi connectivity index (χ1n) is 7.57. The fraction of sp³-hybridized carbons (Fsp3) is 0.278. The molecular formula is C18H19N3. The van der Waals surface area contributed by atoms with E-state index in [1.165, 1.54) is 29.4 Å². The van der Waals surface area contributed by atoms with E-state index in [2.05, 4.69) is 53.7 Å². The van der Waals surface area contributed by atoms with Crippen molar-refractivity contribution in [1.29, 1.82) is 0 Å². The van der Waals surface area contributed by atoms with Gasteiger partial charge in [-0.2, -0.15) is 5.10 Å². The molecule has 0 unspecified atom stereocenters. The summed E-state index contributed by atoms with van der Waals surface area (Å²) in [5.74, 6) is 0. The zero-order valence-corrected chi connectivity index (χ0v) is 12.2. The summed E-state index contributed by atoms with van der Waals surface area (Å²) < 4.78 is 2.01. The molecule has 1 N–H and O–H groups in total. The number of benzene rings is 2. The van der Waals surface area contributed by atoms with Gasteiger partial charge in [-0.05, 0) is 49.1 Å². The van der Waals surface area contributed by atoms with Crippen molar-refractivity contribution in [2.24, 2.45) is 0 Å². The third-order valence-corrected chi connectivity index (χ3v) is 4.21. The second-order valence-corrected chi connectivity index (χ2v) is 5.88. The van der Waals surface area contributed by atoms with E-state index in [1.807, 2.05) is 16.9 Å². The summed E-state index contributed by atoms with van der Waals surface area (Å²) in [6.45, 7) is 3.15. The van der Waals surface area contributed by atoms with Crippen molar-refractivity contribution in [3.63, 3.8) is 0 Å². The number of hydrogen-bond acceptors (Lipinski definition) is 2. The molecule has 4 rings (SSSR count). The molecular weight excluding hydrogens is 258 g/mol. The highest BCUT2D eigenvalue weighted by molar-refractivity contribution is 5.80. The van der Waals surface area contributed by atoms with Gasteiger partial charge in [0.25, 0.3) is 0 Å². The molecule has 3 aromatic rings. The number of aryl methyl sites for hydroxylation is 1.